The SMILES string of the molecule is COc1ccc(NC(=O)Cn2c3c(sc2=O)[C@@H](c2ccc(O)c(OC)c2)C2C(=O)NC(=O)C2S3)cc1. The molecule has 0 saturated carbocycles. The molecule has 5 rings (SSSR count). The number of amides is 3. The van der Waals surface area contributed by atoms with E-state index in [0.717, 1.165) is 23.1 Å². The van der Waals surface area contributed by atoms with Gasteiger partial charge in [-0.1, -0.05) is 29.2 Å². The number of imide groups is 1. The first-order chi connectivity index (χ1) is 17.3. The summed E-state index contributed by atoms with van der Waals surface area (Å²) in [4.78, 5) is 51.4. The smallest absolute Gasteiger partial charge is 0.308 e. The molecule has 2 unspecified atom stereocenters. The number of aromatic hydroxyl groups is 1. The van der Waals surface area contributed by atoms with E-state index >= 15 is 0 Å². The van der Waals surface area contributed by atoms with E-state index in [4.69, 9.17) is 9.47 Å². The minimum Gasteiger partial charge on any atom is -0.504 e. The fourth-order valence-corrected chi connectivity index (χ4v) is 7.18. The number of benzene rings is 2. The Morgan fingerprint density at radius 2 is 1.83 bits per heavy atom. The molecule has 1 fully saturated rings. The van der Waals surface area contributed by atoms with Crippen LogP contribution in [-0.4, -0.2) is 46.9 Å². The second-order valence-corrected chi connectivity index (χ2v) is 10.4. The molecule has 0 aliphatic carbocycles. The first-order valence-corrected chi connectivity index (χ1v) is 12.6. The van der Waals surface area contributed by atoms with Crippen LogP contribution in [0, 0.1) is 5.92 Å². The number of ether oxygens (including phenoxy) is 2. The lowest BCUT2D eigenvalue weighted by Crippen LogP contribution is -2.32. The summed E-state index contributed by atoms with van der Waals surface area (Å²) in [6.07, 6.45) is 0. The summed E-state index contributed by atoms with van der Waals surface area (Å²) < 4.78 is 11.7. The number of phenolic OH excluding ortho intramolecular Hbond substituents is 1. The summed E-state index contributed by atoms with van der Waals surface area (Å²) in [5.74, 6) is -1.88. The number of hydrogen-bond acceptors (Lipinski definition) is 9. The molecule has 1 aromatic heterocycles. The van der Waals surface area contributed by atoms with Gasteiger partial charge in [0.15, 0.2) is 11.5 Å². The van der Waals surface area contributed by atoms with Crippen LogP contribution in [0.5, 0.6) is 17.2 Å². The fourth-order valence-electron chi connectivity index (χ4n) is 4.44. The normalized spacial score (nSPS) is 20.3. The maximum Gasteiger partial charge on any atom is 0.308 e. The van der Waals surface area contributed by atoms with E-state index in [-0.39, 0.29) is 22.9 Å². The Balaban J connectivity index is 1.52. The standard InChI is InChI=1S/C24H21N3O7S2/c1-33-13-6-4-12(5-7-13)25-16(29)10-27-23-20(36-24(27)32)17(11-3-8-14(28)15(9-11)34-2)18-19(35-23)22(31)26-21(18)30/h3-9,17-19,28H,10H2,1-2H3,(H,25,29)(H,26,30,31)/t17-,18?,19?/m0/s1. The van der Waals surface area contributed by atoms with Gasteiger partial charge in [-0.3, -0.25) is 29.1 Å². The largest absolute Gasteiger partial charge is 0.504 e. The van der Waals surface area contributed by atoms with Crippen molar-refractivity contribution in [2.24, 2.45) is 5.92 Å². The second kappa shape index (κ2) is 9.36. The summed E-state index contributed by atoms with van der Waals surface area (Å²) in [6.45, 7) is -0.262. The van der Waals surface area contributed by atoms with E-state index in [1.165, 1.54) is 17.7 Å². The summed E-state index contributed by atoms with van der Waals surface area (Å²) in [5.41, 5.74) is 1.16. The van der Waals surface area contributed by atoms with Crippen LogP contribution < -0.4 is 25.0 Å². The van der Waals surface area contributed by atoms with Crippen molar-refractivity contribution < 1.29 is 29.0 Å². The number of phenols is 1. The van der Waals surface area contributed by atoms with Gasteiger partial charge >= 0.3 is 4.87 Å². The Morgan fingerprint density at radius 1 is 1.08 bits per heavy atom. The highest BCUT2D eigenvalue weighted by Crippen LogP contribution is 2.52. The van der Waals surface area contributed by atoms with E-state index in [1.54, 1.807) is 43.5 Å². The van der Waals surface area contributed by atoms with Crippen molar-refractivity contribution >= 4 is 46.5 Å². The molecule has 2 aromatic carbocycles. The minimum atomic E-state index is -0.764. The highest BCUT2D eigenvalue weighted by atomic mass is 32.2. The molecule has 3 atom stereocenters. The molecule has 10 nitrogen and oxygen atoms in total. The van der Waals surface area contributed by atoms with Crippen molar-refractivity contribution in [3.63, 3.8) is 0 Å². The second-order valence-electron chi connectivity index (χ2n) is 8.23. The summed E-state index contributed by atoms with van der Waals surface area (Å²) in [5, 5.41) is 14.9. The molecule has 12 heteroatoms. The van der Waals surface area contributed by atoms with Gasteiger partial charge in [-0.15, -0.1) is 0 Å². The first kappa shape index (κ1) is 23.9. The molecule has 0 bridgehead atoms. The molecule has 3 amide bonds. The molecule has 1 saturated heterocycles. The van der Waals surface area contributed by atoms with Crippen LogP contribution in [-0.2, 0) is 20.9 Å². The average molecular weight is 528 g/mol. The number of carbonyl (C=O) groups excluding carboxylic acids is 3. The zero-order chi connectivity index (χ0) is 25.6. The summed E-state index contributed by atoms with van der Waals surface area (Å²) >= 11 is 2.05. The van der Waals surface area contributed by atoms with Crippen LogP contribution in [0.1, 0.15) is 16.4 Å². The van der Waals surface area contributed by atoms with Crippen LogP contribution in [0.15, 0.2) is 52.3 Å². The third-order valence-corrected chi connectivity index (χ3v) is 8.74. The van der Waals surface area contributed by atoms with E-state index in [2.05, 4.69) is 10.6 Å². The molecular weight excluding hydrogens is 506 g/mol. The maximum absolute atomic E-state index is 13.0. The van der Waals surface area contributed by atoms with Crippen molar-refractivity contribution in [3.8, 4) is 17.2 Å². The number of anilines is 1. The lowest BCUT2D eigenvalue weighted by atomic mass is 9.83. The minimum absolute atomic E-state index is 0.0730. The fraction of sp³-hybridized carbons (Fsp3) is 0.250. The quantitative estimate of drug-likeness (QED) is 0.415. The number of aromatic nitrogens is 1. The lowest BCUT2D eigenvalue weighted by Gasteiger charge is -2.31. The highest BCUT2D eigenvalue weighted by Gasteiger charge is 2.53. The molecule has 36 heavy (non-hydrogen) atoms. The molecule has 2 aliphatic rings. The van der Waals surface area contributed by atoms with Crippen LogP contribution in [0.3, 0.4) is 0 Å². The van der Waals surface area contributed by atoms with E-state index in [0.29, 0.717) is 26.9 Å². The highest BCUT2D eigenvalue weighted by molar-refractivity contribution is 8.00. The number of nitrogens with one attached hydrogen (secondary N) is 2. The van der Waals surface area contributed by atoms with Gasteiger partial charge in [0.2, 0.25) is 17.7 Å². The number of carbonyl (C=O) groups is 3. The lowest BCUT2D eigenvalue weighted by molar-refractivity contribution is -0.126. The van der Waals surface area contributed by atoms with Crippen molar-refractivity contribution in [1.82, 2.24) is 9.88 Å². The van der Waals surface area contributed by atoms with Crippen molar-refractivity contribution in [2.45, 2.75) is 22.7 Å². The van der Waals surface area contributed by atoms with Crippen LogP contribution >= 0.6 is 23.1 Å². The number of rotatable bonds is 6. The zero-order valence-electron chi connectivity index (χ0n) is 19.1. The summed E-state index contributed by atoms with van der Waals surface area (Å²) in [7, 11) is 2.95. The van der Waals surface area contributed by atoms with Gasteiger partial charge in [-0.25, -0.2) is 0 Å². The molecule has 0 radical (unpaired) electrons. The average Bonchev–Trinajstić information content (AvgIpc) is 3.33. The molecule has 2 aliphatic heterocycles. The van der Waals surface area contributed by atoms with Crippen molar-refractivity contribution in [3.05, 3.63) is 62.6 Å². The third-order valence-electron chi connectivity index (χ3n) is 6.13. The van der Waals surface area contributed by atoms with Crippen molar-refractivity contribution in [2.75, 3.05) is 19.5 Å². The summed E-state index contributed by atoms with van der Waals surface area (Å²) in [6, 6.07) is 11.5. The molecular formula is C24H21N3O7S2. The topological polar surface area (TPSA) is 136 Å². The van der Waals surface area contributed by atoms with Gasteiger partial charge in [-0.2, -0.15) is 0 Å². The molecule has 3 aromatic rings. The Labute approximate surface area is 213 Å². The van der Waals surface area contributed by atoms with Crippen LogP contribution in [0.2, 0.25) is 0 Å². The van der Waals surface area contributed by atoms with Gasteiger partial charge in [0, 0.05) is 16.5 Å². The predicted molar refractivity (Wildman–Crippen MR) is 133 cm³/mol. The monoisotopic (exact) mass is 527 g/mol. The van der Waals surface area contributed by atoms with Gasteiger partial charge in [0.25, 0.3) is 0 Å². The van der Waals surface area contributed by atoms with E-state index < -0.39 is 34.8 Å². The predicted octanol–water partition coefficient (Wildman–Crippen LogP) is 2.15. The number of thioether (sulfide) groups is 1. The first-order valence-electron chi connectivity index (χ1n) is 10.9. The number of hydrogen-bond donors (Lipinski definition) is 3. The Bertz CT molecular complexity index is 1430. The number of fused-ring (bicyclic) bond motifs is 2. The van der Waals surface area contributed by atoms with Gasteiger partial charge in [0.05, 0.1) is 25.2 Å². The van der Waals surface area contributed by atoms with E-state index in [9.17, 15) is 24.3 Å². The van der Waals surface area contributed by atoms with Gasteiger partial charge < -0.3 is 19.9 Å². The van der Waals surface area contributed by atoms with Gasteiger partial charge in [0.1, 0.15) is 17.5 Å². The Morgan fingerprint density at radius 3 is 2.53 bits per heavy atom. The Kier molecular flexibility index (Phi) is 6.22. The Hall–Kier alpha value is -3.77. The molecule has 3 N–H and O–H groups in total. The maximum atomic E-state index is 13.0. The zero-order valence-corrected chi connectivity index (χ0v) is 20.8. The van der Waals surface area contributed by atoms with E-state index in [1.807, 2.05) is 0 Å². The van der Waals surface area contributed by atoms with Crippen LogP contribution in [0.25, 0.3) is 0 Å². The van der Waals surface area contributed by atoms with Crippen LogP contribution in [0.4, 0.5) is 5.69 Å². The van der Waals surface area contributed by atoms with Gasteiger partial charge in [-0.05, 0) is 42.0 Å². The number of methoxy groups -OCH3 is 2. The number of nitrogens with zero attached hydrogens (tertiary/aromatic N) is 1. The number of thiazole rings is 1. The molecule has 0 spiro atoms. The molecule has 3 heterocycles. The molecule has 186 valence electrons. The van der Waals surface area contributed by atoms with Crippen molar-refractivity contribution in [1.29, 1.82) is 0 Å². The third kappa shape index (κ3) is 4.11.